The van der Waals surface area contributed by atoms with Crippen molar-refractivity contribution in [1.29, 1.82) is 0 Å². The van der Waals surface area contributed by atoms with Crippen molar-refractivity contribution in [1.82, 2.24) is 0 Å². The van der Waals surface area contributed by atoms with E-state index in [0.717, 1.165) is 16.8 Å². The minimum atomic E-state index is -0.143. The highest BCUT2D eigenvalue weighted by Crippen LogP contribution is 2.28. The van der Waals surface area contributed by atoms with Gasteiger partial charge in [0.1, 0.15) is 0 Å². The van der Waals surface area contributed by atoms with Gasteiger partial charge in [-0.1, -0.05) is 23.7 Å². The molecule has 1 amide bonds. The number of aryl methyl sites for hydroxylation is 1. The average molecular weight is 354 g/mol. The van der Waals surface area contributed by atoms with Gasteiger partial charge in [0, 0.05) is 24.8 Å². The van der Waals surface area contributed by atoms with E-state index < -0.39 is 0 Å². The normalized spacial score (nSPS) is 15.7. The first-order valence-electron chi connectivity index (χ1n) is 8.02. The van der Waals surface area contributed by atoms with Gasteiger partial charge in [-0.15, -0.1) is 0 Å². The quantitative estimate of drug-likeness (QED) is 0.760. The van der Waals surface area contributed by atoms with Crippen molar-refractivity contribution in [3.63, 3.8) is 0 Å². The lowest BCUT2D eigenvalue weighted by molar-refractivity contribution is -0.114. The number of carbonyl (C=O) groups excluding carboxylic acids is 1. The Morgan fingerprint density at radius 3 is 2.52 bits per heavy atom. The van der Waals surface area contributed by atoms with Crippen LogP contribution in [-0.4, -0.2) is 25.7 Å². The minimum absolute atomic E-state index is 0.143. The van der Waals surface area contributed by atoms with Crippen LogP contribution in [0.5, 0.6) is 0 Å². The number of benzene rings is 2. The summed E-state index contributed by atoms with van der Waals surface area (Å²) < 4.78 is 0. The van der Waals surface area contributed by atoms with Gasteiger partial charge in [-0.2, -0.15) is 10.1 Å². The van der Waals surface area contributed by atoms with Crippen molar-refractivity contribution in [3.8, 4) is 0 Å². The molecule has 3 rings (SSSR count). The second-order valence-electron chi connectivity index (χ2n) is 6.28. The molecule has 1 aliphatic heterocycles. The SMILES string of the molecule is CC1=NN(c2cccc(Cl)c2)C(=O)/C1=C/c1ccc(N(C)C)cc1C. The third-order valence-corrected chi connectivity index (χ3v) is 4.42. The summed E-state index contributed by atoms with van der Waals surface area (Å²) >= 11 is 6.03. The molecule has 1 heterocycles. The molecular formula is C20H20ClN3O. The first-order valence-corrected chi connectivity index (χ1v) is 8.40. The number of carbonyl (C=O) groups is 1. The smallest absolute Gasteiger partial charge is 0.280 e. The van der Waals surface area contributed by atoms with Crippen molar-refractivity contribution >= 4 is 40.7 Å². The molecule has 1 aliphatic rings. The van der Waals surface area contributed by atoms with Gasteiger partial charge in [-0.05, 0) is 61.4 Å². The van der Waals surface area contributed by atoms with E-state index in [1.165, 1.54) is 5.01 Å². The predicted octanol–water partition coefficient (Wildman–Crippen LogP) is 4.52. The van der Waals surface area contributed by atoms with Crippen LogP contribution >= 0.6 is 11.6 Å². The summed E-state index contributed by atoms with van der Waals surface area (Å²) in [7, 11) is 4.01. The zero-order valence-electron chi connectivity index (χ0n) is 14.7. The highest BCUT2D eigenvalue weighted by molar-refractivity contribution is 6.33. The fraction of sp³-hybridized carbons (Fsp3) is 0.200. The molecule has 0 aromatic heterocycles. The Morgan fingerprint density at radius 2 is 1.88 bits per heavy atom. The van der Waals surface area contributed by atoms with Gasteiger partial charge in [0.2, 0.25) is 0 Å². The zero-order chi connectivity index (χ0) is 18.1. The van der Waals surface area contributed by atoms with E-state index in [2.05, 4.69) is 16.1 Å². The van der Waals surface area contributed by atoms with Gasteiger partial charge in [-0.25, -0.2) is 0 Å². The van der Waals surface area contributed by atoms with E-state index in [1.54, 1.807) is 12.1 Å². The Balaban J connectivity index is 1.95. The molecule has 0 saturated carbocycles. The number of nitrogens with zero attached hydrogens (tertiary/aromatic N) is 3. The Morgan fingerprint density at radius 1 is 1.12 bits per heavy atom. The van der Waals surface area contributed by atoms with Gasteiger partial charge in [0.25, 0.3) is 5.91 Å². The number of amides is 1. The Bertz CT molecular complexity index is 900. The summed E-state index contributed by atoms with van der Waals surface area (Å²) in [6.45, 7) is 3.89. The lowest BCUT2D eigenvalue weighted by atomic mass is 10.0. The second kappa shape index (κ2) is 6.73. The third kappa shape index (κ3) is 3.44. The number of anilines is 2. The number of hydrogen-bond acceptors (Lipinski definition) is 3. The average Bonchev–Trinajstić information content (AvgIpc) is 2.84. The molecule has 0 fully saturated rings. The molecule has 0 N–H and O–H groups in total. The van der Waals surface area contributed by atoms with Crippen LogP contribution in [0, 0.1) is 6.92 Å². The number of hydrazone groups is 1. The van der Waals surface area contributed by atoms with Crippen molar-refractivity contribution in [2.75, 3.05) is 24.0 Å². The van der Waals surface area contributed by atoms with Crippen LogP contribution in [0.1, 0.15) is 18.1 Å². The molecule has 0 aliphatic carbocycles. The summed E-state index contributed by atoms with van der Waals surface area (Å²) in [6, 6.07) is 13.3. The first-order chi connectivity index (χ1) is 11.9. The lowest BCUT2D eigenvalue weighted by Crippen LogP contribution is -2.21. The molecule has 128 valence electrons. The summed E-state index contributed by atoms with van der Waals surface area (Å²) in [5, 5.41) is 6.37. The molecule has 0 saturated heterocycles. The maximum atomic E-state index is 12.8. The van der Waals surface area contributed by atoms with E-state index in [1.807, 2.05) is 58.3 Å². The van der Waals surface area contributed by atoms with E-state index in [4.69, 9.17) is 11.6 Å². The maximum absolute atomic E-state index is 12.8. The van der Waals surface area contributed by atoms with Crippen LogP contribution in [0.2, 0.25) is 5.02 Å². The van der Waals surface area contributed by atoms with Crippen molar-refractivity contribution < 1.29 is 4.79 Å². The zero-order valence-corrected chi connectivity index (χ0v) is 15.5. The molecular weight excluding hydrogens is 334 g/mol. The van der Waals surface area contributed by atoms with Gasteiger partial charge in [-0.3, -0.25) is 4.79 Å². The van der Waals surface area contributed by atoms with E-state index in [0.29, 0.717) is 22.0 Å². The summed E-state index contributed by atoms with van der Waals surface area (Å²) in [6.07, 6.45) is 1.90. The molecule has 0 bridgehead atoms. The molecule has 2 aromatic carbocycles. The summed E-state index contributed by atoms with van der Waals surface area (Å²) in [5.41, 5.74) is 5.21. The molecule has 2 aromatic rings. The summed E-state index contributed by atoms with van der Waals surface area (Å²) in [4.78, 5) is 14.9. The molecule has 4 nitrogen and oxygen atoms in total. The van der Waals surface area contributed by atoms with Crippen molar-refractivity contribution in [3.05, 3.63) is 64.2 Å². The van der Waals surface area contributed by atoms with E-state index in [9.17, 15) is 4.79 Å². The summed E-state index contributed by atoms with van der Waals surface area (Å²) in [5.74, 6) is -0.143. The monoisotopic (exact) mass is 353 g/mol. The van der Waals surface area contributed by atoms with Crippen molar-refractivity contribution in [2.24, 2.45) is 5.10 Å². The van der Waals surface area contributed by atoms with Crippen LogP contribution in [-0.2, 0) is 4.79 Å². The number of halogens is 1. The number of rotatable bonds is 3. The Kier molecular flexibility index (Phi) is 4.64. The fourth-order valence-electron chi connectivity index (χ4n) is 2.72. The van der Waals surface area contributed by atoms with Crippen molar-refractivity contribution in [2.45, 2.75) is 13.8 Å². The van der Waals surface area contributed by atoms with Crippen LogP contribution in [0.25, 0.3) is 6.08 Å². The molecule has 5 heteroatoms. The van der Waals surface area contributed by atoms with Gasteiger partial charge >= 0.3 is 0 Å². The largest absolute Gasteiger partial charge is 0.378 e. The molecule has 0 atom stereocenters. The van der Waals surface area contributed by atoms with E-state index in [-0.39, 0.29) is 5.91 Å². The maximum Gasteiger partial charge on any atom is 0.280 e. The molecule has 0 radical (unpaired) electrons. The van der Waals surface area contributed by atoms with Gasteiger partial charge in [0.05, 0.1) is 17.0 Å². The Hall–Kier alpha value is -2.59. The number of hydrogen-bond donors (Lipinski definition) is 0. The van der Waals surface area contributed by atoms with Gasteiger partial charge in [0.15, 0.2) is 0 Å². The highest BCUT2D eigenvalue weighted by Gasteiger charge is 2.28. The Labute approximate surface area is 153 Å². The van der Waals surface area contributed by atoms with Crippen LogP contribution in [0.3, 0.4) is 0 Å². The molecule has 0 spiro atoms. The molecule has 25 heavy (non-hydrogen) atoms. The topological polar surface area (TPSA) is 35.9 Å². The van der Waals surface area contributed by atoms with Crippen LogP contribution in [0.15, 0.2) is 53.1 Å². The second-order valence-corrected chi connectivity index (χ2v) is 6.71. The fourth-order valence-corrected chi connectivity index (χ4v) is 2.91. The van der Waals surface area contributed by atoms with Crippen LogP contribution in [0.4, 0.5) is 11.4 Å². The van der Waals surface area contributed by atoms with E-state index >= 15 is 0 Å². The standard InChI is InChI=1S/C20H20ClN3O/c1-13-10-17(23(3)4)9-8-15(13)11-19-14(2)22-24(20(19)25)18-7-5-6-16(21)12-18/h5-12H,1-4H3/b19-11+. The third-order valence-electron chi connectivity index (χ3n) is 4.18. The first kappa shape index (κ1) is 17.2. The minimum Gasteiger partial charge on any atom is -0.378 e. The highest BCUT2D eigenvalue weighted by atomic mass is 35.5. The van der Waals surface area contributed by atoms with Gasteiger partial charge < -0.3 is 4.90 Å². The molecule has 0 unspecified atom stereocenters. The lowest BCUT2D eigenvalue weighted by Gasteiger charge is -2.14. The predicted molar refractivity (Wildman–Crippen MR) is 106 cm³/mol. The van der Waals surface area contributed by atoms with Crippen LogP contribution < -0.4 is 9.91 Å².